The zero-order chi connectivity index (χ0) is 14.9. The molecule has 4 heteroatoms. The number of benzene rings is 1. The van der Waals surface area contributed by atoms with Gasteiger partial charge in [-0.25, -0.2) is 4.39 Å². The van der Waals surface area contributed by atoms with Crippen LogP contribution < -0.4 is 15.0 Å². The van der Waals surface area contributed by atoms with Crippen LogP contribution >= 0.6 is 0 Å². The van der Waals surface area contributed by atoms with Gasteiger partial charge in [-0.15, -0.1) is 0 Å². The molecule has 20 heavy (non-hydrogen) atoms. The monoisotopic (exact) mass is 280 g/mol. The molecule has 0 amide bonds. The summed E-state index contributed by atoms with van der Waals surface area (Å²) < 4.78 is 18.8. The molecular weight excluding hydrogens is 255 g/mol. The van der Waals surface area contributed by atoms with E-state index in [0.29, 0.717) is 17.7 Å². The lowest BCUT2D eigenvalue weighted by atomic mass is 9.92. The first-order valence-corrected chi connectivity index (χ1v) is 7.19. The standard InChI is InChI=1S/C16H25FN2O/c1-11(2)14-9-18-16(3,4)10-19(14)13-7-6-12(17)8-15(13)20-5/h6-8,11,14,18H,9-10H2,1-5H3. The molecule has 0 bridgehead atoms. The smallest absolute Gasteiger partial charge is 0.145 e. The molecule has 1 aliphatic heterocycles. The Bertz CT molecular complexity index is 474. The Morgan fingerprint density at radius 1 is 1.40 bits per heavy atom. The van der Waals surface area contributed by atoms with Gasteiger partial charge in [-0.3, -0.25) is 0 Å². The van der Waals surface area contributed by atoms with E-state index in [1.807, 2.05) is 6.07 Å². The van der Waals surface area contributed by atoms with E-state index in [2.05, 4.69) is 37.9 Å². The van der Waals surface area contributed by atoms with E-state index in [-0.39, 0.29) is 11.4 Å². The van der Waals surface area contributed by atoms with Crippen LogP contribution in [0.5, 0.6) is 5.75 Å². The summed E-state index contributed by atoms with van der Waals surface area (Å²) in [5.74, 6) is 0.850. The van der Waals surface area contributed by atoms with E-state index in [0.717, 1.165) is 18.8 Å². The summed E-state index contributed by atoms with van der Waals surface area (Å²) in [7, 11) is 1.59. The largest absolute Gasteiger partial charge is 0.494 e. The number of hydrogen-bond acceptors (Lipinski definition) is 3. The molecule has 3 nitrogen and oxygen atoms in total. The summed E-state index contributed by atoms with van der Waals surface area (Å²) in [5, 5.41) is 3.58. The van der Waals surface area contributed by atoms with Crippen LogP contribution in [0.3, 0.4) is 0 Å². The summed E-state index contributed by atoms with van der Waals surface area (Å²) >= 11 is 0. The molecule has 0 saturated carbocycles. The Hall–Kier alpha value is -1.29. The minimum atomic E-state index is -0.263. The molecule has 1 heterocycles. The number of methoxy groups -OCH3 is 1. The van der Waals surface area contributed by atoms with Crippen LogP contribution in [0, 0.1) is 11.7 Å². The molecule has 0 radical (unpaired) electrons. The third kappa shape index (κ3) is 3.06. The van der Waals surface area contributed by atoms with Crippen LogP contribution in [-0.2, 0) is 0 Å². The Morgan fingerprint density at radius 3 is 2.70 bits per heavy atom. The quantitative estimate of drug-likeness (QED) is 0.921. The number of anilines is 1. The minimum Gasteiger partial charge on any atom is -0.494 e. The van der Waals surface area contributed by atoms with Gasteiger partial charge in [0.05, 0.1) is 12.8 Å². The van der Waals surface area contributed by atoms with Gasteiger partial charge in [-0.05, 0) is 31.9 Å². The topological polar surface area (TPSA) is 24.5 Å². The van der Waals surface area contributed by atoms with Crippen LogP contribution in [0.2, 0.25) is 0 Å². The SMILES string of the molecule is COc1cc(F)ccc1N1CC(C)(C)NCC1C(C)C. The van der Waals surface area contributed by atoms with Crippen molar-refractivity contribution in [3.8, 4) is 5.75 Å². The van der Waals surface area contributed by atoms with Crippen molar-refractivity contribution in [3.63, 3.8) is 0 Å². The summed E-state index contributed by atoms with van der Waals surface area (Å²) in [6.45, 7) is 10.6. The second-order valence-corrected chi connectivity index (χ2v) is 6.52. The Kier molecular flexibility index (Phi) is 4.23. The molecule has 1 aromatic carbocycles. The van der Waals surface area contributed by atoms with E-state index in [4.69, 9.17) is 4.74 Å². The number of nitrogens with one attached hydrogen (secondary N) is 1. The van der Waals surface area contributed by atoms with Crippen molar-refractivity contribution in [3.05, 3.63) is 24.0 Å². The first-order chi connectivity index (χ1) is 9.34. The molecular formula is C16H25FN2O. The van der Waals surface area contributed by atoms with Gasteiger partial charge in [0.2, 0.25) is 0 Å². The Balaban J connectivity index is 2.40. The second-order valence-electron chi connectivity index (χ2n) is 6.52. The average molecular weight is 280 g/mol. The molecule has 1 aromatic rings. The zero-order valence-electron chi connectivity index (χ0n) is 13.0. The molecule has 1 aliphatic rings. The van der Waals surface area contributed by atoms with Crippen LogP contribution in [-0.4, -0.2) is 31.8 Å². The molecule has 1 saturated heterocycles. The number of hydrogen-bond donors (Lipinski definition) is 1. The predicted octanol–water partition coefficient (Wildman–Crippen LogP) is 3.05. The van der Waals surface area contributed by atoms with Gasteiger partial charge in [0.25, 0.3) is 0 Å². The van der Waals surface area contributed by atoms with Crippen molar-refractivity contribution < 1.29 is 9.13 Å². The third-order valence-corrected chi connectivity index (χ3v) is 3.98. The van der Waals surface area contributed by atoms with Gasteiger partial charge in [-0.2, -0.15) is 0 Å². The van der Waals surface area contributed by atoms with E-state index >= 15 is 0 Å². The lowest BCUT2D eigenvalue weighted by Crippen LogP contribution is -2.63. The number of rotatable bonds is 3. The van der Waals surface area contributed by atoms with Gasteiger partial charge >= 0.3 is 0 Å². The molecule has 0 aromatic heterocycles. The number of ether oxygens (including phenoxy) is 1. The number of piperazine rings is 1. The average Bonchev–Trinajstić information content (AvgIpc) is 2.37. The molecule has 0 spiro atoms. The Labute approximate surface area is 121 Å². The van der Waals surface area contributed by atoms with Crippen LogP contribution in [0.4, 0.5) is 10.1 Å². The highest BCUT2D eigenvalue weighted by Crippen LogP contribution is 2.34. The van der Waals surface area contributed by atoms with Crippen LogP contribution in [0.1, 0.15) is 27.7 Å². The van der Waals surface area contributed by atoms with E-state index in [9.17, 15) is 4.39 Å². The molecule has 1 unspecified atom stereocenters. The fraction of sp³-hybridized carbons (Fsp3) is 0.625. The molecule has 1 N–H and O–H groups in total. The first-order valence-electron chi connectivity index (χ1n) is 7.19. The minimum absolute atomic E-state index is 0.0325. The second kappa shape index (κ2) is 5.60. The van der Waals surface area contributed by atoms with Gasteiger partial charge in [0, 0.05) is 30.7 Å². The molecule has 2 rings (SSSR count). The first kappa shape index (κ1) is 15.1. The van der Waals surface area contributed by atoms with Crippen molar-refractivity contribution in [2.45, 2.75) is 39.3 Å². The highest BCUT2D eigenvalue weighted by molar-refractivity contribution is 5.60. The van der Waals surface area contributed by atoms with Gasteiger partial charge in [-0.1, -0.05) is 13.8 Å². The maximum atomic E-state index is 13.4. The van der Waals surface area contributed by atoms with E-state index in [1.165, 1.54) is 12.1 Å². The summed E-state index contributed by atoms with van der Waals surface area (Å²) in [4.78, 5) is 2.35. The van der Waals surface area contributed by atoms with Crippen molar-refractivity contribution in [1.29, 1.82) is 0 Å². The third-order valence-electron chi connectivity index (χ3n) is 3.98. The van der Waals surface area contributed by atoms with Crippen molar-refractivity contribution in [2.75, 3.05) is 25.1 Å². The Morgan fingerprint density at radius 2 is 2.10 bits per heavy atom. The summed E-state index contributed by atoms with van der Waals surface area (Å²) in [5.41, 5.74) is 1.01. The molecule has 1 fully saturated rings. The van der Waals surface area contributed by atoms with Gasteiger partial charge < -0.3 is 15.0 Å². The van der Waals surface area contributed by atoms with Gasteiger partial charge in [0.1, 0.15) is 11.6 Å². The lowest BCUT2D eigenvalue weighted by Gasteiger charge is -2.47. The predicted molar refractivity (Wildman–Crippen MR) is 81.0 cm³/mol. The van der Waals surface area contributed by atoms with Gasteiger partial charge in [0.15, 0.2) is 0 Å². The number of nitrogens with zero attached hydrogens (tertiary/aromatic N) is 1. The maximum absolute atomic E-state index is 13.4. The summed E-state index contributed by atoms with van der Waals surface area (Å²) in [6.07, 6.45) is 0. The molecule has 1 atom stereocenters. The highest BCUT2D eigenvalue weighted by Gasteiger charge is 2.35. The van der Waals surface area contributed by atoms with Crippen LogP contribution in [0.25, 0.3) is 0 Å². The van der Waals surface area contributed by atoms with Crippen molar-refractivity contribution in [1.82, 2.24) is 5.32 Å². The fourth-order valence-electron chi connectivity index (χ4n) is 2.84. The zero-order valence-corrected chi connectivity index (χ0v) is 13.0. The highest BCUT2D eigenvalue weighted by atomic mass is 19.1. The number of halogens is 1. The van der Waals surface area contributed by atoms with Crippen molar-refractivity contribution in [2.24, 2.45) is 5.92 Å². The van der Waals surface area contributed by atoms with Crippen molar-refractivity contribution >= 4 is 5.69 Å². The maximum Gasteiger partial charge on any atom is 0.145 e. The van der Waals surface area contributed by atoms with E-state index < -0.39 is 0 Å². The molecule has 0 aliphatic carbocycles. The van der Waals surface area contributed by atoms with Crippen LogP contribution in [0.15, 0.2) is 18.2 Å². The lowest BCUT2D eigenvalue weighted by molar-refractivity contribution is 0.275. The normalized spacial score (nSPS) is 22.1. The van der Waals surface area contributed by atoms with E-state index in [1.54, 1.807) is 7.11 Å². The summed E-state index contributed by atoms with van der Waals surface area (Å²) in [6, 6.07) is 5.17. The fourth-order valence-corrected chi connectivity index (χ4v) is 2.84. The molecule has 112 valence electrons.